The molecule has 5 heteroatoms. The van der Waals surface area contributed by atoms with Crippen LogP contribution in [0.4, 0.5) is 5.69 Å². The molecule has 0 aromatic heterocycles. The molecule has 0 aliphatic rings. The molecule has 0 radical (unpaired) electrons. The van der Waals surface area contributed by atoms with Crippen molar-refractivity contribution in [3.05, 3.63) is 51.5 Å². The summed E-state index contributed by atoms with van der Waals surface area (Å²) in [5.74, 6) is -0.391. The van der Waals surface area contributed by atoms with Crippen LogP contribution in [0, 0.1) is 0 Å². The predicted molar refractivity (Wildman–Crippen MR) is 76.2 cm³/mol. The predicted octanol–water partition coefficient (Wildman–Crippen LogP) is 4.26. The first-order chi connectivity index (χ1) is 8.56. The Balaban J connectivity index is 2.31. The summed E-state index contributed by atoms with van der Waals surface area (Å²) in [6.07, 6.45) is 1.48. The zero-order chi connectivity index (χ0) is 13.1. The lowest BCUT2D eigenvalue weighted by Gasteiger charge is -2.02. The fraction of sp³-hybridized carbons (Fsp3) is 0. The van der Waals surface area contributed by atoms with Crippen molar-refractivity contribution in [1.29, 1.82) is 0 Å². The minimum absolute atomic E-state index is 0.193. The second kappa shape index (κ2) is 5.42. The number of benzene rings is 2. The van der Waals surface area contributed by atoms with Crippen molar-refractivity contribution in [1.82, 2.24) is 0 Å². The zero-order valence-corrected chi connectivity index (χ0v) is 11.5. The molecule has 3 nitrogen and oxygen atoms in total. The van der Waals surface area contributed by atoms with E-state index in [0.717, 1.165) is 0 Å². The number of phenolic OH excluding ortho intramolecular Hbond substituents is 2. The molecule has 0 amide bonds. The third kappa shape index (κ3) is 3.03. The van der Waals surface area contributed by atoms with E-state index >= 15 is 0 Å². The number of phenols is 2. The van der Waals surface area contributed by atoms with Gasteiger partial charge in [0.15, 0.2) is 11.5 Å². The van der Waals surface area contributed by atoms with Crippen molar-refractivity contribution >= 4 is 39.4 Å². The third-order valence-corrected chi connectivity index (χ3v) is 2.97. The lowest BCUT2D eigenvalue weighted by atomic mass is 10.2. The number of hydrogen-bond donors (Lipinski definition) is 2. The maximum atomic E-state index is 9.66. The van der Waals surface area contributed by atoms with E-state index in [-0.39, 0.29) is 11.5 Å². The fourth-order valence-electron chi connectivity index (χ4n) is 1.38. The fourth-order valence-corrected chi connectivity index (χ4v) is 1.96. The SMILES string of the molecule is Oc1cc(Br)cc(C=Nc2ccc(Cl)cc2)c1O. The summed E-state index contributed by atoms with van der Waals surface area (Å²) in [7, 11) is 0. The molecule has 0 saturated heterocycles. The molecule has 0 bridgehead atoms. The van der Waals surface area contributed by atoms with Crippen LogP contribution in [0.15, 0.2) is 45.9 Å². The van der Waals surface area contributed by atoms with Gasteiger partial charge in [0.25, 0.3) is 0 Å². The molecule has 0 atom stereocenters. The van der Waals surface area contributed by atoms with Crippen molar-refractivity contribution in [2.45, 2.75) is 0 Å². The lowest BCUT2D eigenvalue weighted by Crippen LogP contribution is -1.83. The van der Waals surface area contributed by atoms with E-state index in [9.17, 15) is 10.2 Å². The molecule has 0 fully saturated rings. The highest BCUT2D eigenvalue weighted by atomic mass is 79.9. The molecule has 92 valence electrons. The molecule has 2 rings (SSSR count). The van der Waals surface area contributed by atoms with Gasteiger partial charge in [-0.2, -0.15) is 0 Å². The topological polar surface area (TPSA) is 52.8 Å². The van der Waals surface area contributed by atoms with Crippen molar-refractivity contribution in [3.8, 4) is 11.5 Å². The number of halogens is 2. The largest absolute Gasteiger partial charge is 0.504 e. The van der Waals surface area contributed by atoms with E-state index in [1.54, 1.807) is 30.3 Å². The Labute approximate surface area is 118 Å². The molecular formula is C13H9BrClNO2. The Hall–Kier alpha value is -1.52. The molecule has 0 aliphatic carbocycles. The second-order valence-electron chi connectivity index (χ2n) is 3.60. The van der Waals surface area contributed by atoms with Gasteiger partial charge in [-0.15, -0.1) is 0 Å². The molecule has 0 unspecified atom stereocenters. The van der Waals surface area contributed by atoms with Gasteiger partial charge in [-0.05, 0) is 36.4 Å². The first kappa shape index (κ1) is 12.9. The Morgan fingerprint density at radius 1 is 1.11 bits per heavy atom. The lowest BCUT2D eigenvalue weighted by molar-refractivity contribution is 0.403. The summed E-state index contributed by atoms with van der Waals surface area (Å²) in [5.41, 5.74) is 1.13. The van der Waals surface area contributed by atoms with E-state index in [2.05, 4.69) is 20.9 Å². The molecule has 18 heavy (non-hydrogen) atoms. The standard InChI is InChI=1S/C13H9BrClNO2/c14-9-5-8(13(18)12(17)6-9)7-16-11-3-1-10(15)2-4-11/h1-7,17-18H. The van der Waals surface area contributed by atoms with E-state index in [1.807, 2.05) is 0 Å². The van der Waals surface area contributed by atoms with E-state index in [4.69, 9.17) is 11.6 Å². The zero-order valence-electron chi connectivity index (χ0n) is 9.14. The number of aliphatic imine (C=N–C) groups is 1. The first-order valence-corrected chi connectivity index (χ1v) is 6.24. The van der Waals surface area contributed by atoms with Crippen LogP contribution in [0.25, 0.3) is 0 Å². The van der Waals surface area contributed by atoms with Gasteiger partial charge in [0.05, 0.1) is 5.69 Å². The van der Waals surface area contributed by atoms with E-state index in [0.29, 0.717) is 20.7 Å². The van der Waals surface area contributed by atoms with Crippen molar-refractivity contribution < 1.29 is 10.2 Å². The highest BCUT2D eigenvalue weighted by Gasteiger charge is 2.06. The third-order valence-electron chi connectivity index (χ3n) is 2.26. The van der Waals surface area contributed by atoms with Gasteiger partial charge in [0, 0.05) is 21.3 Å². The quantitative estimate of drug-likeness (QED) is 0.640. The summed E-state index contributed by atoms with van der Waals surface area (Å²) >= 11 is 9.00. The van der Waals surface area contributed by atoms with Gasteiger partial charge in [0.1, 0.15) is 0 Å². The van der Waals surface area contributed by atoms with Crippen LogP contribution in [0.2, 0.25) is 5.02 Å². The van der Waals surface area contributed by atoms with Crippen LogP contribution < -0.4 is 0 Å². The van der Waals surface area contributed by atoms with Gasteiger partial charge in [-0.3, -0.25) is 4.99 Å². The highest BCUT2D eigenvalue weighted by Crippen LogP contribution is 2.31. The first-order valence-electron chi connectivity index (χ1n) is 5.07. The van der Waals surface area contributed by atoms with Crippen LogP contribution in [0.3, 0.4) is 0 Å². The Kier molecular flexibility index (Phi) is 3.89. The van der Waals surface area contributed by atoms with Gasteiger partial charge in [-0.25, -0.2) is 0 Å². The van der Waals surface area contributed by atoms with Crippen molar-refractivity contribution in [2.75, 3.05) is 0 Å². The maximum Gasteiger partial charge on any atom is 0.166 e. The molecule has 2 aromatic rings. The van der Waals surface area contributed by atoms with Gasteiger partial charge >= 0.3 is 0 Å². The number of nitrogens with zero attached hydrogens (tertiary/aromatic N) is 1. The Morgan fingerprint density at radius 2 is 1.78 bits per heavy atom. The smallest absolute Gasteiger partial charge is 0.166 e. The molecular weight excluding hydrogens is 318 g/mol. The minimum Gasteiger partial charge on any atom is -0.504 e. The van der Waals surface area contributed by atoms with E-state index < -0.39 is 0 Å². The van der Waals surface area contributed by atoms with Crippen molar-refractivity contribution in [2.24, 2.45) is 4.99 Å². The summed E-state index contributed by atoms with van der Waals surface area (Å²) < 4.78 is 0.662. The average Bonchev–Trinajstić information content (AvgIpc) is 2.34. The maximum absolute atomic E-state index is 9.66. The minimum atomic E-state index is -0.198. The monoisotopic (exact) mass is 325 g/mol. The molecule has 0 heterocycles. The Morgan fingerprint density at radius 3 is 2.44 bits per heavy atom. The second-order valence-corrected chi connectivity index (χ2v) is 4.95. The summed E-state index contributed by atoms with van der Waals surface area (Å²) in [4.78, 5) is 4.19. The molecule has 2 aromatic carbocycles. The van der Waals surface area contributed by atoms with Crippen LogP contribution in [-0.4, -0.2) is 16.4 Å². The van der Waals surface area contributed by atoms with E-state index in [1.165, 1.54) is 12.3 Å². The van der Waals surface area contributed by atoms with Crippen LogP contribution in [0.1, 0.15) is 5.56 Å². The van der Waals surface area contributed by atoms with Gasteiger partial charge in [-0.1, -0.05) is 27.5 Å². The van der Waals surface area contributed by atoms with Gasteiger partial charge in [0.2, 0.25) is 0 Å². The summed E-state index contributed by atoms with van der Waals surface area (Å²) in [6.45, 7) is 0. The number of rotatable bonds is 2. The average molecular weight is 327 g/mol. The molecule has 0 spiro atoms. The Bertz CT molecular complexity index is 597. The summed E-state index contributed by atoms with van der Waals surface area (Å²) in [6, 6.07) is 10.0. The van der Waals surface area contributed by atoms with Crippen LogP contribution in [0.5, 0.6) is 11.5 Å². The van der Waals surface area contributed by atoms with Crippen LogP contribution >= 0.6 is 27.5 Å². The summed E-state index contributed by atoms with van der Waals surface area (Å²) in [5, 5.41) is 19.8. The molecule has 2 N–H and O–H groups in total. The normalized spacial score (nSPS) is 11.0. The van der Waals surface area contributed by atoms with Gasteiger partial charge < -0.3 is 10.2 Å². The highest BCUT2D eigenvalue weighted by molar-refractivity contribution is 9.10. The van der Waals surface area contributed by atoms with Crippen LogP contribution in [-0.2, 0) is 0 Å². The molecule has 0 aliphatic heterocycles. The number of hydrogen-bond acceptors (Lipinski definition) is 3. The molecule has 0 saturated carbocycles. The number of aromatic hydroxyl groups is 2. The van der Waals surface area contributed by atoms with Crippen molar-refractivity contribution in [3.63, 3.8) is 0 Å².